The lowest BCUT2D eigenvalue weighted by Crippen LogP contribution is -2.41. The molecule has 2 aromatic rings. The van der Waals surface area contributed by atoms with Crippen LogP contribution in [0.4, 0.5) is 0 Å². The SMILES string of the molecule is COc1ccccc1S(=O)(=O)N1CCCC(COc2ncc(C)cn2)C1. The number of para-hydroxylation sites is 1. The molecule has 26 heavy (non-hydrogen) atoms. The molecule has 8 heteroatoms. The van der Waals surface area contributed by atoms with E-state index in [1.54, 1.807) is 36.7 Å². The Balaban J connectivity index is 1.68. The Labute approximate surface area is 154 Å². The van der Waals surface area contributed by atoms with Gasteiger partial charge in [0.25, 0.3) is 0 Å². The maximum Gasteiger partial charge on any atom is 0.316 e. The summed E-state index contributed by atoms with van der Waals surface area (Å²) in [6.45, 7) is 3.21. The molecule has 1 aromatic heterocycles. The van der Waals surface area contributed by atoms with Crippen LogP contribution in [0.1, 0.15) is 18.4 Å². The summed E-state index contributed by atoms with van der Waals surface area (Å²) >= 11 is 0. The molecule has 3 rings (SSSR count). The van der Waals surface area contributed by atoms with Crippen molar-refractivity contribution in [1.29, 1.82) is 0 Å². The van der Waals surface area contributed by atoms with E-state index in [0.29, 0.717) is 31.5 Å². The fourth-order valence-corrected chi connectivity index (χ4v) is 4.71. The van der Waals surface area contributed by atoms with E-state index in [1.165, 1.54) is 11.4 Å². The summed E-state index contributed by atoms with van der Waals surface area (Å²) in [7, 11) is -2.13. The standard InChI is InChI=1S/C18H23N3O4S/c1-14-10-19-18(20-11-14)25-13-15-6-5-9-21(12-15)26(22,23)17-8-4-3-7-16(17)24-2/h3-4,7-8,10-11,15H,5-6,9,12-13H2,1-2H3. The highest BCUT2D eigenvalue weighted by atomic mass is 32.2. The van der Waals surface area contributed by atoms with Gasteiger partial charge in [-0.1, -0.05) is 12.1 Å². The number of aromatic nitrogens is 2. The second-order valence-corrected chi connectivity index (χ2v) is 8.28. The molecule has 0 saturated carbocycles. The van der Waals surface area contributed by atoms with E-state index >= 15 is 0 Å². The molecule has 0 amide bonds. The van der Waals surface area contributed by atoms with E-state index in [4.69, 9.17) is 9.47 Å². The van der Waals surface area contributed by atoms with E-state index in [-0.39, 0.29) is 10.8 Å². The first-order valence-electron chi connectivity index (χ1n) is 8.55. The van der Waals surface area contributed by atoms with E-state index in [2.05, 4.69) is 9.97 Å². The van der Waals surface area contributed by atoms with Gasteiger partial charge < -0.3 is 9.47 Å². The number of benzene rings is 1. The topological polar surface area (TPSA) is 81.6 Å². The lowest BCUT2D eigenvalue weighted by Gasteiger charge is -2.31. The molecule has 1 unspecified atom stereocenters. The van der Waals surface area contributed by atoms with Crippen LogP contribution in [0.3, 0.4) is 0 Å². The van der Waals surface area contributed by atoms with Crippen LogP contribution in [0.25, 0.3) is 0 Å². The van der Waals surface area contributed by atoms with Gasteiger partial charge in [0.2, 0.25) is 10.0 Å². The molecule has 1 fully saturated rings. The summed E-state index contributed by atoms with van der Waals surface area (Å²) in [6.07, 6.45) is 5.09. The molecule has 1 aliphatic heterocycles. The zero-order valence-corrected chi connectivity index (χ0v) is 15.8. The molecule has 1 atom stereocenters. The lowest BCUT2D eigenvalue weighted by molar-refractivity contribution is 0.171. The minimum atomic E-state index is -3.60. The first-order chi connectivity index (χ1) is 12.5. The van der Waals surface area contributed by atoms with Crippen LogP contribution < -0.4 is 9.47 Å². The van der Waals surface area contributed by atoms with Crippen molar-refractivity contribution in [2.75, 3.05) is 26.8 Å². The van der Waals surface area contributed by atoms with Gasteiger partial charge in [-0.15, -0.1) is 0 Å². The van der Waals surface area contributed by atoms with Gasteiger partial charge in [0.15, 0.2) is 0 Å². The van der Waals surface area contributed by atoms with Gasteiger partial charge in [-0.25, -0.2) is 18.4 Å². The van der Waals surface area contributed by atoms with Crippen LogP contribution in [0.5, 0.6) is 11.8 Å². The third kappa shape index (κ3) is 4.13. The number of sulfonamides is 1. The minimum Gasteiger partial charge on any atom is -0.495 e. The number of hydrogen-bond acceptors (Lipinski definition) is 6. The summed E-state index contributed by atoms with van der Waals surface area (Å²) in [5.74, 6) is 0.456. The van der Waals surface area contributed by atoms with Crippen LogP contribution in [0.2, 0.25) is 0 Å². The smallest absolute Gasteiger partial charge is 0.316 e. The second kappa shape index (κ2) is 8.01. The van der Waals surface area contributed by atoms with E-state index in [9.17, 15) is 8.42 Å². The van der Waals surface area contributed by atoms with Crippen LogP contribution in [-0.4, -0.2) is 49.5 Å². The third-order valence-electron chi connectivity index (χ3n) is 4.37. The quantitative estimate of drug-likeness (QED) is 0.768. The Morgan fingerprint density at radius 3 is 2.69 bits per heavy atom. The third-order valence-corrected chi connectivity index (χ3v) is 6.28. The molecule has 2 heterocycles. The molecule has 140 valence electrons. The first kappa shape index (κ1) is 18.6. The van der Waals surface area contributed by atoms with E-state index in [0.717, 1.165) is 18.4 Å². The number of rotatable bonds is 6. The van der Waals surface area contributed by atoms with Crippen molar-refractivity contribution >= 4 is 10.0 Å². The normalized spacial score (nSPS) is 18.5. The van der Waals surface area contributed by atoms with Gasteiger partial charge in [0.1, 0.15) is 10.6 Å². The Kier molecular flexibility index (Phi) is 5.73. The molecule has 1 aliphatic rings. The van der Waals surface area contributed by atoms with Crippen molar-refractivity contribution in [2.45, 2.75) is 24.7 Å². The van der Waals surface area contributed by atoms with Crippen molar-refractivity contribution < 1.29 is 17.9 Å². The van der Waals surface area contributed by atoms with Gasteiger partial charge in [-0.05, 0) is 37.5 Å². The predicted octanol–water partition coefficient (Wildman–Crippen LogP) is 2.27. The Bertz CT molecular complexity index is 840. The molecular weight excluding hydrogens is 354 g/mol. The number of nitrogens with zero attached hydrogens (tertiary/aromatic N) is 3. The molecular formula is C18H23N3O4S. The molecule has 1 aromatic carbocycles. The van der Waals surface area contributed by atoms with Gasteiger partial charge >= 0.3 is 6.01 Å². The highest BCUT2D eigenvalue weighted by Crippen LogP contribution is 2.29. The molecule has 0 aliphatic carbocycles. The van der Waals surface area contributed by atoms with Crippen molar-refractivity contribution in [3.63, 3.8) is 0 Å². The monoisotopic (exact) mass is 377 g/mol. The minimum absolute atomic E-state index is 0.0955. The number of piperidine rings is 1. The molecule has 1 saturated heterocycles. The largest absolute Gasteiger partial charge is 0.495 e. The zero-order valence-electron chi connectivity index (χ0n) is 15.0. The highest BCUT2D eigenvalue weighted by molar-refractivity contribution is 7.89. The van der Waals surface area contributed by atoms with Gasteiger partial charge in [0.05, 0.1) is 13.7 Å². The fraction of sp³-hybridized carbons (Fsp3) is 0.444. The molecule has 0 radical (unpaired) electrons. The summed E-state index contributed by atoms with van der Waals surface area (Å²) in [4.78, 5) is 8.44. The van der Waals surface area contributed by atoms with Crippen molar-refractivity contribution in [3.8, 4) is 11.8 Å². The van der Waals surface area contributed by atoms with Crippen LogP contribution >= 0.6 is 0 Å². The summed E-state index contributed by atoms with van der Waals surface area (Å²) in [6, 6.07) is 7.02. The van der Waals surface area contributed by atoms with Crippen molar-refractivity contribution in [1.82, 2.24) is 14.3 Å². The molecule has 7 nitrogen and oxygen atoms in total. The van der Waals surface area contributed by atoms with E-state index < -0.39 is 10.0 Å². The van der Waals surface area contributed by atoms with E-state index in [1.807, 2.05) is 6.92 Å². The zero-order chi connectivity index (χ0) is 18.6. The number of hydrogen-bond donors (Lipinski definition) is 0. The molecule has 0 bridgehead atoms. The Morgan fingerprint density at radius 1 is 1.23 bits per heavy atom. The average molecular weight is 377 g/mol. The van der Waals surface area contributed by atoms with Gasteiger partial charge in [0, 0.05) is 31.4 Å². The molecule has 0 spiro atoms. The Hall–Kier alpha value is -2.19. The van der Waals surface area contributed by atoms with Gasteiger partial charge in [-0.3, -0.25) is 0 Å². The lowest BCUT2D eigenvalue weighted by atomic mass is 10.0. The number of aryl methyl sites for hydroxylation is 1. The molecule has 0 N–H and O–H groups in total. The second-order valence-electron chi connectivity index (χ2n) is 6.38. The summed E-state index contributed by atoms with van der Waals surface area (Å²) in [5, 5.41) is 0. The Morgan fingerprint density at radius 2 is 1.96 bits per heavy atom. The highest BCUT2D eigenvalue weighted by Gasteiger charge is 2.32. The summed E-state index contributed by atoms with van der Waals surface area (Å²) < 4.78 is 38.4. The van der Waals surface area contributed by atoms with Crippen molar-refractivity contribution in [2.24, 2.45) is 5.92 Å². The van der Waals surface area contributed by atoms with Crippen molar-refractivity contribution in [3.05, 3.63) is 42.2 Å². The maximum absolute atomic E-state index is 13.0. The maximum atomic E-state index is 13.0. The van der Waals surface area contributed by atoms with Crippen LogP contribution in [-0.2, 0) is 10.0 Å². The fourth-order valence-electron chi connectivity index (χ4n) is 3.00. The van der Waals surface area contributed by atoms with Crippen LogP contribution in [0, 0.1) is 12.8 Å². The van der Waals surface area contributed by atoms with Gasteiger partial charge in [-0.2, -0.15) is 4.31 Å². The van der Waals surface area contributed by atoms with Crippen LogP contribution in [0.15, 0.2) is 41.6 Å². The number of ether oxygens (including phenoxy) is 2. The number of methoxy groups -OCH3 is 1. The summed E-state index contributed by atoms with van der Waals surface area (Å²) in [5.41, 5.74) is 0.962. The first-order valence-corrected chi connectivity index (χ1v) is 9.99. The average Bonchev–Trinajstić information content (AvgIpc) is 2.67. The predicted molar refractivity (Wildman–Crippen MR) is 96.7 cm³/mol.